The van der Waals surface area contributed by atoms with Gasteiger partial charge in [0.25, 0.3) is 0 Å². The second kappa shape index (κ2) is 13.3. The topological polar surface area (TPSA) is 97.4 Å². The Morgan fingerprint density at radius 2 is 1.71 bits per heavy atom. The lowest BCUT2D eigenvalue weighted by atomic mass is 9.91. The number of benzene rings is 3. The Morgan fingerprint density at radius 3 is 2.37 bits per heavy atom. The van der Waals surface area contributed by atoms with Crippen LogP contribution in [0.5, 0.6) is 5.75 Å². The molecule has 4 rings (SSSR count). The molecule has 0 amide bonds. The van der Waals surface area contributed by atoms with Crippen LogP contribution in [0, 0.1) is 5.41 Å². The first-order chi connectivity index (χ1) is 16.0. The van der Waals surface area contributed by atoms with Gasteiger partial charge in [-0.1, -0.05) is 42.5 Å². The molecular weight excluding hydrogens is 485 g/mol. The van der Waals surface area contributed by atoms with Gasteiger partial charge in [-0.25, -0.2) is 0 Å². The zero-order chi connectivity index (χ0) is 23.2. The van der Waals surface area contributed by atoms with Crippen molar-refractivity contribution in [2.45, 2.75) is 38.2 Å². The first-order valence-electron chi connectivity index (χ1n) is 11.5. The van der Waals surface area contributed by atoms with Crippen molar-refractivity contribution in [3.8, 4) is 5.75 Å². The number of nitrogens with one attached hydrogen (secondary N) is 2. The minimum absolute atomic E-state index is 0. The van der Waals surface area contributed by atoms with E-state index in [-0.39, 0.29) is 42.7 Å². The molecule has 6 nitrogen and oxygen atoms in total. The van der Waals surface area contributed by atoms with Gasteiger partial charge in [-0.15, -0.1) is 24.8 Å². The molecule has 3 aromatic carbocycles. The molecule has 1 heterocycles. The zero-order valence-corrected chi connectivity index (χ0v) is 21.4. The molecule has 0 aliphatic carbocycles. The summed E-state index contributed by atoms with van der Waals surface area (Å²) in [6.45, 7) is 4.12. The molecule has 4 N–H and O–H groups in total. The van der Waals surface area contributed by atoms with Gasteiger partial charge in [0, 0.05) is 5.56 Å². The number of nitrogens with two attached hydrogens (primary N) is 1. The van der Waals surface area contributed by atoms with Gasteiger partial charge in [-0.2, -0.15) is 0 Å². The summed E-state index contributed by atoms with van der Waals surface area (Å²) in [6, 6.07) is 19.7. The van der Waals surface area contributed by atoms with Gasteiger partial charge in [-0.05, 0) is 79.4 Å². The molecule has 8 heteroatoms. The van der Waals surface area contributed by atoms with E-state index in [0.717, 1.165) is 53.6 Å². The molecule has 0 spiro atoms. The van der Waals surface area contributed by atoms with Crippen molar-refractivity contribution in [3.05, 3.63) is 77.4 Å². The van der Waals surface area contributed by atoms with Crippen LogP contribution in [0.4, 0.5) is 0 Å². The molecule has 1 saturated heterocycles. The normalized spacial score (nSPS) is 14.3. The number of esters is 1. The average molecular weight is 518 g/mol. The molecule has 35 heavy (non-hydrogen) atoms. The molecule has 1 fully saturated rings. The van der Waals surface area contributed by atoms with Crippen LogP contribution in [0.1, 0.15) is 42.4 Å². The van der Waals surface area contributed by atoms with E-state index in [1.54, 1.807) is 0 Å². The van der Waals surface area contributed by atoms with Gasteiger partial charge in [0.15, 0.2) is 0 Å². The second-order valence-corrected chi connectivity index (χ2v) is 8.45. The van der Waals surface area contributed by atoms with Gasteiger partial charge in [-0.3, -0.25) is 10.2 Å². The molecule has 1 aliphatic heterocycles. The summed E-state index contributed by atoms with van der Waals surface area (Å²) in [4.78, 5) is 12.9. The van der Waals surface area contributed by atoms with Gasteiger partial charge in [0.2, 0.25) is 0 Å². The van der Waals surface area contributed by atoms with E-state index < -0.39 is 5.92 Å². The maximum Gasteiger partial charge on any atom is 0.313 e. The fourth-order valence-corrected chi connectivity index (χ4v) is 4.29. The molecule has 1 atom stereocenters. The number of hydrogen-bond acceptors (Lipinski definition) is 5. The van der Waals surface area contributed by atoms with Crippen molar-refractivity contribution >= 4 is 47.4 Å². The van der Waals surface area contributed by atoms with E-state index in [1.807, 2.05) is 61.5 Å². The summed E-state index contributed by atoms with van der Waals surface area (Å²) in [5, 5.41) is 13.1. The van der Waals surface area contributed by atoms with E-state index in [4.69, 9.17) is 20.6 Å². The summed E-state index contributed by atoms with van der Waals surface area (Å²) in [7, 11) is 0. The van der Waals surface area contributed by atoms with Crippen molar-refractivity contribution in [2.75, 3.05) is 19.7 Å². The fourth-order valence-electron chi connectivity index (χ4n) is 4.29. The Kier molecular flexibility index (Phi) is 10.8. The van der Waals surface area contributed by atoms with Crippen LogP contribution in [-0.4, -0.2) is 37.6 Å². The van der Waals surface area contributed by atoms with Crippen LogP contribution in [0.2, 0.25) is 0 Å². The number of nitrogen functional groups attached to an aromatic ring is 1. The van der Waals surface area contributed by atoms with Crippen LogP contribution in [0.25, 0.3) is 10.8 Å². The van der Waals surface area contributed by atoms with Crippen LogP contribution in [0.15, 0.2) is 60.7 Å². The van der Waals surface area contributed by atoms with E-state index in [9.17, 15) is 4.79 Å². The minimum Gasteiger partial charge on any atom is -0.490 e. The summed E-state index contributed by atoms with van der Waals surface area (Å²) < 4.78 is 11.5. The number of carbonyl (C=O) groups is 1. The SMILES string of the molecule is CCOC(=O)C(Cc1ccc2ccc(C(=N)N)cc2c1)c1ccc(OC2CCNCC2)cc1.Cl.Cl. The van der Waals surface area contributed by atoms with E-state index in [1.165, 1.54) is 0 Å². The second-order valence-electron chi connectivity index (χ2n) is 8.45. The number of piperidine rings is 1. The monoisotopic (exact) mass is 517 g/mol. The van der Waals surface area contributed by atoms with Crippen LogP contribution in [0.3, 0.4) is 0 Å². The van der Waals surface area contributed by atoms with Crippen LogP contribution < -0.4 is 15.8 Å². The summed E-state index contributed by atoms with van der Waals surface area (Å²) in [5.41, 5.74) is 8.27. The summed E-state index contributed by atoms with van der Waals surface area (Å²) >= 11 is 0. The smallest absolute Gasteiger partial charge is 0.313 e. The van der Waals surface area contributed by atoms with E-state index in [0.29, 0.717) is 18.6 Å². The molecule has 0 bridgehead atoms. The number of fused-ring (bicyclic) bond motifs is 1. The maximum atomic E-state index is 12.9. The molecule has 0 saturated carbocycles. The van der Waals surface area contributed by atoms with Crippen LogP contribution in [-0.2, 0) is 16.0 Å². The predicted octanol–water partition coefficient (Wildman–Crippen LogP) is 4.99. The molecule has 1 aliphatic rings. The van der Waals surface area contributed by atoms with Crippen molar-refractivity contribution in [2.24, 2.45) is 5.73 Å². The van der Waals surface area contributed by atoms with Gasteiger partial charge in [0.05, 0.1) is 12.5 Å². The number of amidine groups is 1. The first-order valence-corrected chi connectivity index (χ1v) is 11.5. The maximum absolute atomic E-state index is 12.9. The summed E-state index contributed by atoms with van der Waals surface area (Å²) in [5.74, 6) is 0.225. The van der Waals surface area contributed by atoms with Gasteiger partial charge in [0.1, 0.15) is 17.7 Å². The van der Waals surface area contributed by atoms with Crippen molar-refractivity contribution in [1.29, 1.82) is 5.41 Å². The molecular formula is C27H33Cl2N3O3. The highest BCUT2D eigenvalue weighted by Crippen LogP contribution is 2.28. The molecule has 1 unspecified atom stereocenters. The van der Waals surface area contributed by atoms with E-state index in [2.05, 4.69) is 11.4 Å². The standard InChI is InChI=1S/C27H31N3O3.2ClH/c1-2-32-27(31)25(20-7-9-23(10-8-20)33-24-11-13-30-14-12-24)16-18-3-4-19-5-6-21(26(28)29)17-22(19)15-18;;/h3-10,15,17,24-25,30H,2,11-14,16H2,1H3,(H3,28,29);2*1H. The third-order valence-electron chi connectivity index (χ3n) is 6.10. The molecule has 188 valence electrons. The number of rotatable bonds is 8. The number of ether oxygens (including phenoxy) is 2. The predicted molar refractivity (Wildman–Crippen MR) is 145 cm³/mol. The Hall–Kier alpha value is -2.80. The van der Waals surface area contributed by atoms with Gasteiger partial charge >= 0.3 is 5.97 Å². The van der Waals surface area contributed by atoms with Crippen molar-refractivity contribution in [3.63, 3.8) is 0 Å². The Bertz CT molecular complexity index is 1130. The minimum atomic E-state index is -0.411. The number of carbonyl (C=O) groups excluding carboxylic acids is 1. The highest BCUT2D eigenvalue weighted by molar-refractivity contribution is 5.99. The number of halogens is 2. The number of hydrogen-bond donors (Lipinski definition) is 3. The molecule has 0 radical (unpaired) electrons. The largest absolute Gasteiger partial charge is 0.490 e. The highest BCUT2D eigenvalue weighted by atomic mass is 35.5. The summed E-state index contributed by atoms with van der Waals surface area (Å²) in [6.07, 6.45) is 2.75. The average Bonchev–Trinajstić information content (AvgIpc) is 2.83. The van der Waals surface area contributed by atoms with Gasteiger partial charge < -0.3 is 20.5 Å². The molecule has 3 aromatic rings. The quantitative estimate of drug-likeness (QED) is 0.222. The third-order valence-corrected chi connectivity index (χ3v) is 6.10. The Labute approximate surface area is 218 Å². The Balaban J connectivity index is 0.00000216. The lowest BCUT2D eigenvalue weighted by molar-refractivity contribution is -0.144. The van der Waals surface area contributed by atoms with Crippen molar-refractivity contribution < 1.29 is 14.3 Å². The molecule has 0 aromatic heterocycles. The Morgan fingerprint density at radius 1 is 1.03 bits per heavy atom. The lowest BCUT2D eigenvalue weighted by Crippen LogP contribution is -2.34. The highest BCUT2D eigenvalue weighted by Gasteiger charge is 2.23. The zero-order valence-electron chi connectivity index (χ0n) is 19.8. The van der Waals surface area contributed by atoms with E-state index >= 15 is 0 Å². The lowest BCUT2D eigenvalue weighted by Gasteiger charge is -2.24. The van der Waals surface area contributed by atoms with Crippen molar-refractivity contribution in [1.82, 2.24) is 5.32 Å². The third kappa shape index (κ3) is 7.34. The van der Waals surface area contributed by atoms with Crippen LogP contribution >= 0.6 is 24.8 Å². The first kappa shape index (κ1) is 28.4. The fraction of sp³-hybridized carbons (Fsp3) is 0.333.